The van der Waals surface area contributed by atoms with E-state index < -0.39 is 0 Å². The molecule has 0 fully saturated rings. The van der Waals surface area contributed by atoms with Crippen molar-refractivity contribution in [2.45, 2.75) is 26.4 Å². The number of rotatable bonds is 6. The van der Waals surface area contributed by atoms with E-state index in [4.69, 9.17) is 26.8 Å². The highest BCUT2D eigenvalue weighted by molar-refractivity contribution is 6.34. The maximum absolute atomic E-state index is 12.0. The molecule has 100 valence electrons. The zero-order valence-corrected chi connectivity index (χ0v) is 11.6. The van der Waals surface area contributed by atoms with E-state index in [1.54, 1.807) is 12.1 Å². The molecule has 0 aliphatic carbocycles. The molecule has 1 aromatic carbocycles. The van der Waals surface area contributed by atoms with Crippen molar-refractivity contribution in [1.82, 2.24) is 0 Å². The van der Waals surface area contributed by atoms with Crippen molar-refractivity contribution < 1.29 is 14.3 Å². The van der Waals surface area contributed by atoms with Gasteiger partial charge in [-0.15, -0.1) is 0 Å². The molecule has 0 unspecified atom stereocenters. The summed E-state index contributed by atoms with van der Waals surface area (Å²) in [5, 5.41) is 0.352. The summed E-state index contributed by atoms with van der Waals surface area (Å²) < 4.78 is 10.8. The van der Waals surface area contributed by atoms with E-state index in [9.17, 15) is 4.79 Å². The van der Waals surface area contributed by atoms with Gasteiger partial charge in [-0.2, -0.15) is 0 Å². The molecule has 4 nitrogen and oxygen atoms in total. The van der Waals surface area contributed by atoms with Crippen LogP contribution < -0.4 is 15.2 Å². The molecular weight excluding hydrogens is 254 g/mol. The monoisotopic (exact) mass is 271 g/mol. The molecule has 0 saturated carbocycles. The second-order valence-corrected chi connectivity index (χ2v) is 4.49. The number of ketones is 1. The van der Waals surface area contributed by atoms with Crippen molar-refractivity contribution >= 4 is 17.4 Å². The van der Waals surface area contributed by atoms with Crippen LogP contribution in [0.4, 0.5) is 0 Å². The molecule has 18 heavy (non-hydrogen) atoms. The number of nitrogens with two attached hydrogens (primary N) is 1. The molecule has 0 spiro atoms. The molecule has 0 amide bonds. The first-order valence-electron chi connectivity index (χ1n) is 5.77. The number of hydrogen-bond donors (Lipinski definition) is 1. The molecule has 0 radical (unpaired) electrons. The maximum atomic E-state index is 12.0. The lowest BCUT2D eigenvalue weighted by atomic mass is 10.1. The summed E-state index contributed by atoms with van der Waals surface area (Å²) in [6, 6.07) is 3.30. The molecule has 0 bridgehead atoms. The largest absolute Gasteiger partial charge is 0.493 e. The summed E-state index contributed by atoms with van der Waals surface area (Å²) in [6.07, 6.45) is 0.142. The van der Waals surface area contributed by atoms with E-state index in [1.165, 1.54) is 7.11 Å². The van der Waals surface area contributed by atoms with E-state index in [-0.39, 0.29) is 24.9 Å². The Hall–Kier alpha value is -1.26. The summed E-state index contributed by atoms with van der Waals surface area (Å²) in [4.78, 5) is 12.0. The minimum atomic E-state index is -0.142. The molecule has 0 heterocycles. The van der Waals surface area contributed by atoms with Gasteiger partial charge in [0.25, 0.3) is 0 Å². The van der Waals surface area contributed by atoms with Gasteiger partial charge in [0.05, 0.1) is 23.8 Å². The number of hydrogen-bond acceptors (Lipinski definition) is 4. The normalized spacial score (nSPS) is 10.6. The number of Topliss-reactive ketones (excluding diaryl/α,β-unsaturated/α-hetero) is 1. The first-order valence-corrected chi connectivity index (χ1v) is 6.15. The fourth-order valence-electron chi connectivity index (χ4n) is 1.57. The Balaban J connectivity index is 3.30. The van der Waals surface area contributed by atoms with Crippen LogP contribution in [0.1, 0.15) is 30.6 Å². The van der Waals surface area contributed by atoms with E-state index in [2.05, 4.69) is 0 Å². The van der Waals surface area contributed by atoms with Crippen LogP contribution in [0.2, 0.25) is 5.02 Å². The average Bonchev–Trinajstić information content (AvgIpc) is 2.29. The molecule has 0 saturated heterocycles. The highest BCUT2D eigenvalue weighted by Crippen LogP contribution is 2.37. The second-order valence-electron chi connectivity index (χ2n) is 4.08. The minimum absolute atomic E-state index is 0.0817. The minimum Gasteiger partial charge on any atom is -0.493 e. The van der Waals surface area contributed by atoms with Crippen molar-refractivity contribution in [2.24, 2.45) is 5.73 Å². The molecule has 0 aliphatic heterocycles. The third kappa shape index (κ3) is 3.37. The third-order valence-corrected chi connectivity index (χ3v) is 2.61. The van der Waals surface area contributed by atoms with Crippen LogP contribution >= 0.6 is 11.6 Å². The van der Waals surface area contributed by atoms with Crippen molar-refractivity contribution in [1.29, 1.82) is 0 Å². The topological polar surface area (TPSA) is 61.5 Å². The Morgan fingerprint density at radius 2 is 2.11 bits per heavy atom. The highest BCUT2D eigenvalue weighted by Gasteiger charge is 2.21. The van der Waals surface area contributed by atoms with Gasteiger partial charge in [0, 0.05) is 6.42 Å². The Bertz CT molecular complexity index is 432. The molecule has 0 aliphatic rings. The fraction of sp³-hybridized carbons (Fsp3) is 0.462. The van der Waals surface area contributed by atoms with Crippen molar-refractivity contribution in [2.75, 3.05) is 13.7 Å². The third-order valence-electron chi connectivity index (χ3n) is 2.29. The lowest BCUT2D eigenvalue weighted by Gasteiger charge is -2.17. The van der Waals surface area contributed by atoms with Crippen molar-refractivity contribution in [3.63, 3.8) is 0 Å². The molecule has 0 aromatic heterocycles. The van der Waals surface area contributed by atoms with Crippen molar-refractivity contribution in [3.05, 3.63) is 22.7 Å². The van der Waals surface area contributed by atoms with Crippen LogP contribution in [0.15, 0.2) is 12.1 Å². The number of carbonyl (C=O) groups is 1. The Morgan fingerprint density at radius 3 is 2.61 bits per heavy atom. The van der Waals surface area contributed by atoms with Gasteiger partial charge in [-0.05, 0) is 32.5 Å². The predicted octanol–water partition coefficient (Wildman–Crippen LogP) is 2.67. The van der Waals surface area contributed by atoms with Gasteiger partial charge in [0.1, 0.15) is 0 Å². The van der Waals surface area contributed by atoms with E-state index in [0.717, 1.165) is 0 Å². The van der Waals surface area contributed by atoms with Gasteiger partial charge in [-0.3, -0.25) is 4.79 Å². The van der Waals surface area contributed by atoms with E-state index in [0.29, 0.717) is 22.1 Å². The standard InChI is InChI=1S/C13H18ClNO3/c1-8(2)18-13-11(17-3)5-4-9(14)12(13)10(16)6-7-15/h4-5,8H,6-7,15H2,1-3H3. The summed E-state index contributed by atoms with van der Waals surface area (Å²) in [5.41, 5.74) is 5.75. The van der Waals surface area contributed by atoms with Crippen LogP contribution in [0.3, 0.4) is 0 Å². The van der Waals surface area contributed by atoms with Gasteiger partial charge >= 0.3 is 0 Å². The van der Waals surface area contributed by atoms with E-state index in [1.807, 2.05) is 13.8 Å². The lowest BCUT2D eigenvalue weighted by molar-refractivity contribution is 0.0979. The molecule has 0 atom stereocenters. The number of methoxy groups -OCH3 is 1. The first kappa shape index (κ1) is 14.8. The SMILES string of the molecule is COc1ccc(Cl)c(C(=O)CCN)c1OC(C)C. The average molecular weight is 272 g/mol. The summed E-state index contributed by atoms with van der Waals surface area (Å²) in [6.45, 7) is 4.02. The van der Waals surface area contributed by atoms with Crippen molar-refractivity contribution in [3.8, 4) is 11.5 Å². The molecular formula is C13H18ClNO3. The number of carbonyl (C=O) groups excluding carboxylic acids is 1. The Kier molecular flexibility index (Phi) is 5.44. The van der Waals surface area contributed by atoms with Gasteiger partial charge < -0.3 is 15.2 Å². The first-order chi connectivity index (χ1) is 8.51. The van der Waals surface area contributed by atoms with Gasteiger partial charge in [-0.1, -0.05) is 11.6 Å². The Morgan fingerprint density at radius 1 is 1.44 bits per heavy atom. The quantitative estimate of drug-likeness (QED) is 0.808. The molecule has 1 aromatic rings. The van der Waals surface area contributed by atoms with Gasteiger partial charge in [0.2, 0.25) is 0 Å². The van der Waals surface area contributed by atoms with E-state index >= 15 is 0 Å². The molecule has 1 rings (SSSR count). The second kappa shape index (κ2) is 6.61. The van der Waals surface area contributed by atoms with Crippen LogP contribution in [0, 0.1) is 0 Å². The maximum Gasteiger partial charge on any atom is 0.173 e. The zero-order chi connectivity index (χ0) is 13.7. The van der Waals surface area contributed by atoms with Gasteiger partial charge in [0.15, 0.2) is 17.3 Å². The number of ether oxygens (including phenoxy) is 2. The predicted molar refractivity (Wildman–Crippen MR) is 71.8 cm³/mol. The smallest absolute Gasteiger partial charge is 0.173 e. The van der Waals surface area contributed by atoms with Crippen LogP contribution in [-0.4, -0.2) is 25.5 Å². The summed E-state index contributed by atoms with van der Waals surface area (Å²) >= 11 is 6.08. The zero-order valence-electron chi connectivity index (χ0n) is 10.8. The Labute approximate surface area is 112 Å². The van der Waals surface area contributed by atoms with Crippen LogP contribution in [0.5, 0.6) is 11.5 Å². The number of benzene rings is 1. The number of halogens is 1. The highest BCUT2D eigenvalue weighted by atomic mass is 35.5. The fourth-order valence-corrected chi connectivity index (χ4v) is 1.82. The van der Waals surface area contributed by atoms with Gasteiger partial charge in [-0.25, -0.2) is 0 Å². The van der Waals surface area contributed by atoms with Crippen LogP contribution in [0.25, 0.3) is 0 Å². The molecule has 2 N–H and O–H groups in total. The lowest BCUT2D eigenvalue weighted by Crippen LogP contribution is -2.14. The molecule has 5 heteroatoms. The summed E-state index contributed by atoms with van der Waals surface area (Å²) in [5.74, 6) is 0.740. The summed E-state index contributed by atoms with van der Waals surface area (Å²) in [7, 11) is 1.52. The van der Waals surface area contributed by atoms with Crippen LogP contribution in [-0.2, 0) is 0 Å².